The van der Waals surface area contributed by atoms with E-state index in [-0.39, 0.29) is 5.75 Å². The number of para-hydroxylation sites is 1. The summed E-state index contributed by atoms with van der Waals surface area (Å²) in [7, 11) is 0. The van der Waals surface area contributed by atoms with Crippen molar-refractivity contribution >= 4 is 11.9 Å². The molecule has 0 radical (unpaired) electrons. The van der Waals surface area contributed by atoms with Crippen molar-refractivity contribution in [1.29, 1.82) is 0 Å². The molecule has 1 heterocycles. The van der Waals surface area contributed by atoms with Gasteiger partial charge in [0.05, 0.1) is 11.9 Å². The van der Waals surface area contributed by atoms with Crippen molar-refractivity contribution in [3.8, 4) is 17.0 Å². The molecule has 1 aliphatic carbocycles. The Hall–Kier alpha value is -3.34. The Morgan fingerprint density at radius 3 is 2.54 bits per heavy atom. The van der Waals surface area contributed by atoms with Crippen molar-refractivity contribution < 1.29 is 5.11 Å². The van der Waals surface area contributed by atoms with Gasteiger partial charge in [-0.25, -0.2) is 9.97 Å². The molecule has 24 heavy (non-hydrogen) atoms. The van der Waals surface area contributed by atoms with Gasteiger partial charge < -0.3 is 5.11 Å². The van der Waals surface area contributed by atoms with Gasteiger partial charge in [-0.15, -0.1) is 5.10 Å². The fraction of sp³-hybridized carbons (Fsp3) is 0.0526. The van der Waals surface area contributed by atoms with Gasteiger partial charge in [0.25, 0.3) is 0 Å². The number of benzene rings is 2. The Labute approximate surface area is 139 Å². The molecule has 1 aliphatic rings. The van der Waals surface area contributed by atoms with E-state index < -0.39 is 0 Å². The third-order valence-electron chi connectivity index (χ3n) is 3.89. The van der Waals surface area contributed by atoms with Crippen molar-refractivity contribution in [2.24, 2.45) is 10.2 Å². The molecule has 4 rings (SSSR count). The van der Waals surface area contributed by atoms with E-state index in [4.69, 9.17) is 0 Å². The maximum absolute atomic E-state index is 9.79. The van der Waals surface area contributed by atoms with E-state index >= 15 is 0 Å². The fourth-order valence-corrected chi connectivity index (χ4v) is 2.74. The number of nitrogens with zero attached hydrogens (tertiary/aromatic N) is 4. The van der Waals surface area contributed by atoms with E-state index in [2.05, 4.69) is 20.2 Å². The van der Waals surface area contributed by atoms with Crippen LogP contribution in [0, 0.1) is 6.92 Å². The number of phenolic OH excluding ortho intramolecular Hbond substituents is 1. The van der Waals surface area contributed by atoms with Crippen LogP contribution in [0.25, 0.3) is 11.3 Å². The number of hydrogen-bond acceptors (Lipinski definition) is 5. The van der Waals surface area contributed by atoms with Crippen LogP contribution in [0.5, 0.6) is 5.75 Å². The summed E-state index contributed by atoms with van der Waals surface area (Å²) in [5.41, 5.74) is 5.14. The number of aromatic nitrogens is 2. The minimum absolute atomic E-state index is 0.174. The molecule has 0 unspecified atom stereocenters. The van der Waals surface area contributed by atoms with Crippen LogP contribution < -0.4 is 0 Å². The summed E-state index contributed by atoms with van der Waals surface area (Å²) in [6.45, 7) is 1.87. The molecule has 0 aliphatic heterocycles. The van der Waals surface area contributed by atoms with Crippen LogP contribution in [0.1, 0.15) is 22.5 Å². The zero-order valence-electron chi connectivity index (χ0n) is 13.0. The zero-order chi connectivity index (χ0) is 16.5. The molecule has 0 spiro atoms. The molecule has 0 saturated carbocycles. The Bertz CT molecular complexity index is 992. The number of phenols is 1. The average Bonchev–Trinajstić information content (AvgIpc) is 2.90. The van der Waals surface area contributed by atoms with Crippen LogP contribution in [0.15, 0.2) is 64.9 Å². The van der Waals surface area contributed by atoms with Crippen molar-refractivity contribution in [3.63, 3.8) is 0 Å². The highest BCUT2D eigenvalue weighted by Crippen LogP contribution is 2.35. The molecular formula is C19H14N4O. The van der Waals surface area contributed by atoms with Gasteiger partial charge in [-0.2, -0.15) is 5.10 Å². The van der Waals surface area contributed by atoms with Crippen LogP contribution in [0.4, 0.5) is 0 Å². The third kappa shape index (κ3) is 2.36. The normalized spacial score (nSPS) is 14.1. The SMILES string of the molecule is Cc1ncc2c(n1)-c1ccccc1/C2=N/N=C/c1ccccc1O. The molecule has 3 aromatic rings. The number of fused-ring (bicyclic) bond motifs is 3. The lowest BCUT2D eigenvalue weighted by Crippen LogP contribution is -1.99. The van der Waals surface area contributed by atoms with Crippen molar-refractivity contribution in [2.45, 2.75) is 6.92 Å². The van der Waals surface area contributed by atoms with Gasteiger partial charge in [-0.05, 0) is 19.1 Å². The third-order valence-corrected chi connectivity index (χ3v) is 3.89. The molecular weight excluding hydrogens is 300 g/mol. The number of hydrogen-bond donors (Lipinski definition) is 1. The molecule has 5 nitrogen and oxygen atoms in total. The number of aromatic hydroxyl groups is 1. The molecule has 5 heteroatoms. The Morgan fingerprint density at radius 2 is 1.71 bits per heavy atom. The summed E-state index contributed by atoms with van der Waals surface area (Å²) in [6, 6.07) is 15.0. The first-order chi connectivity index (χ1) is 11.7. The summed E-state index contributed by atoms with van der Waals surface area (Å²) in [4.78, 5) is 8.82. The molecule has 0 bridgehead atoms. The summed E-state index contributed by atoms with van der Waals surface area (Å²) >= 11 is 0. The van der Waals surface area contributed by atoms with Crippen LogP contribution in [0.2, 0.25) is 0 Å². The Morgan fingerprint density at radius 1 is 0.958 bits per heavy atom. The maximum Gasteiger partial charge on any atom is 0.125 e. The van der Waals surface area contributed by atoms with E-state index in [0.717, 1.165) is 33.9 Å². The highest BCUT2D eigenvalue weighted by molar-refractivity contribution is 6.23. The van der Waals surface area contributed by atoms with Gasteiger partial charge in [0.1, 0.15) is 17.3 Å². The van der Waals surface area contributed by atoms with Gasteiger partial charge in [0.15, 0.2) is 0 Å². The zero-order valence-corrected chi connectivity index (χ0v) is 13.0. The summed E-state index contributed by atoms with van der Waals surface area (Å²) < 4.78 is 0. The van der Waals surface area contributed by atoms with E-state index in [1.165, 1.54) is 6.21 Å². The average molecular weight is 314 g/mol. The predicted molar refractivity (Wildman–Crippen MR) is 93.5 cm³/mol. The molecule has 1 aromatic heterocycles. The molecule has 116 valence electrons. The molecule has 1 N–H and O–H groups in total. The highest BCUT2D eigenvalue weighted by atomic mass is 16.3. The lowest BCUT2D eigenvalue weighted by molar-refractivity contribution is 0.474. The fourth-order valence-electron chi connectivity index (χ4n) is 2.74. The van der Waals surface area contributed by atoms with Gasteiger partial charge in [0.2, 0.25) is 0 Å². The van der Waals surface area contributed by atoms with Crippen molar-refractivity contribution in [2.75, 3.05) is 0 Å². The summed E-state index contributed by atoms with van der Waals surface area (Å²) in [6.07, 6.45) is 3.32. The lowest BCUT2D eigenvalue weighted by Gasteiger charge is -1.99. The molecule has 0 fully saturated rings. The standard InChI is InChI=1S/C19H14N4O/c1-12-20-11-16-18(22-12)14-7-3-4-8-15(14)19(16)23-21-10-13-6-2-5-9-17(13)24/h2-11,24H,1H3/b21-10+,23-19-. The van der Waals surface area contributed by atoms with E-state index in [0.29, 0.717) is 5.56 Å². The van der Waals surface area contributed by atoms with E-state index in [1.54, 1.807) is 24.4 Å². The van der Waals surface area contributed by atoms with E-state index in [9.17, 15) is 5.11 Å². The van der Waals surface area contributed by atoms with Gasteiger partial charge in [0, 0.05) is 28.5 Å². The molecule has 0 atom stereocenters. The quantitative estimate of drug-likeness (QED) is 0.455. The minimum Gasteiger partial charge on any atom is -0.507 e. The Balaban J connectivity index is 1.80. The van der Waals surface area contributed by atoms with Crippen LogP contribution in [-0.2, 0) is 0 Å². The molecule has 0 saturated heterocycles. The maximum atomic E-state index is 9.79. The minimum atomic E-state index is 0.174. The lowest BCUT2D eigenvalue weighted by atomic mass is 10.1. The Kier molecular flexibility index (Phi) is 3.39. The number of rotatable bonds is 2. The van der Waals surface area contributed by atoms with Crippen molar-refractivity contribution in [1.82, 2.24) is 9.97 Å². The van der Waals surface area contributed by atoms with Gasteiger partial charge in [-0.1, -0.05) is 36.4 Å². The van der Waals surface area contributed by atoms with Crippen molar-refractivity contribution in [3.05, 3.63) is 77.2 Å². The number of aryl methyl sites for hydroxylation is 1. The predicted octanol–water partition coefficient (Wildman–Crippen LogP) is 3.34. The molecule has 2 aromatic carbocycles. The van der Waals surface area contributed by atoms with E-state index in [1.807, 2.05) is 37.3 Å². The second kappa shape index (κ2) is 5.70. The monoisotopic (exact) mass is 314 g/mol. The first-order valence-corrected chi connectivity index (χ1v) is 7.57. The second-order valence-electron chi connectivity index (χ2n) is 5.48. The van der Waals surface area contributed by atoms with Gasteiger partial charge in [-0.3, -0.25) is 0 Å². The highest BCUT2D eigenvalue weighted by Gasteiger charge is 2.26. The largest absolute Gasteiger partial charge is 0.507 e. The molecule has 0 amide bonds. The van der Waals surface area contributed by atoms with Crippen LogP contribution in [-0.4, -0.2) is 27.0 Å². The van der Waals surface area contributed by atoms with Gasteiger partial charge >= 0.3 is 0 Å². The first kappa shape index (κ1) is 14.3. The van der Waals surface area contributed by atoms with Crippen LogP contribution in [0.3, 0.4) is 0 Å². The second-order valence-corrected chi connectivity index (χ2v) is 5.48. The first-order valence-electron chi connectivity index (χ1n) is 7.57. The summed E-state index contributed by atoms with van der Waals surface area (Å²) in [5, 5.41) is 18.3. The smallest absolute Gasteiger partial charge is 0.125 e. The van der Waals surface area contributed by atoms with Crippen LogP contribution >= 0.6 is 0 Å². The topological polar surface area (TPSA) is 70.7 Å². The summed E-state index contributed by atoms with van der Waals surface area (Å²) in [5.74, 6) is 0.898.